The highest BCUT2D eigenvalue weighted by Gasteiger charge is 2.23. The average Bonchev–Trinajstić information content (AvgIpc) is 2.95. The minimum Gasteiger partial charge on any atom is -0.396 e. The van der Waals surface area contributed by atoms with Gasteiger partial charge < -0.3 is 11.1 Å². The molecule has 0 saturated heterocycles. The summed E-state index contributed by atoms with van der Waals surface area (Å²) in [5.41, 5.74) is 7.32. The Morgan fingerprint density at radius 2 is 1.95 bits per heavy atom. The van der Waals surface area contributed by atoms with Crippen molar-refractivity contribution in [2.45, 2.75) is 19.8 Å². The number of benzene rings is 1. The first-order valence-corrected chi connectivity index (χ1v) is 7.23. The number of aromatic amines is 1. The maximum atomic E-state index is 12.1. The highest BCUT2D eigenvalue weighted by molar-refractivity contribution is 6.46. The molecule has 1 aromatic carbocycles. The SMILES string of the molecule is CC(C)c1c(Cl)c(N)c(Cl)c(NC(=O)c2cn[nH]c2)c1Cl. The molecule has 0 aliphatic heterocycles. The summed E-state index contributed by atoms with van der Waals surface area (Å²) in [5.74, 6) is -0.377. The molecule has 2 rings (SSSR count). The Morgan fingerprint density at radius 1 is 1.29 bits per heavy atom. The molecule has 0 atom stereocenters. The number of halogens is 3. The molecule has 5 nitrogen and oxygen atoms in total. The molecule has 0 spiro atoms. The molecule has 21 heavy (non-hydrogen) atoms. The van der Waals surface area contributed by atoms with Crippen molar-refractivity contribution in [3.63, 3.8) is 0 Å². The number of amides is 1. The summed E-state index contributed by atoms with van der Waals surface area (Å²) in [5, 5.41) is 9.61. The summed E-state index contributed by atoms with van der Waals surface area (Å²) >= 11 is 18.7. The molecule has 112 valence electrons. The molecule has 0 saturated carbocycles. The fourth-order valence-corrected chi connectivity index (χ4v) is 3.12. The number of carbonyl (C=O) groups excluding carboxylic acids is 1. The van der Waals surface area contributed by atoms with Gasteiger partial charge >= 0.3 is 0 Å². The third kappa shape index (κ3) is 2.95. The van der Waals surface area contributed by atoms with E-state index in [1.807, 2.05) is 13.8 Å². The van der Waals surface area contributed by atoms with Gasteiger partial charge in [-0.1, -0.05) is 48.7 Å². The Labute approximate surface area is 136 Å². The molecular formula is C13H13Cl3N4O. The van der Waals surface area contributed by atoms with Crippen LogP contribution in [0, 0.1) is 0 Å². The summed E-state index contributed by atoms with van der Waals surface area (Å²) in [7, 11) is 0. The Morgan fingerprint density at radius 3 is 2.48 bits per heavy atom. The number of nitrogens with one attached hydrogen (secondary N) is 2. The molecule has 0 unspecified atom stereocenters. The van der Waals surface area contributed by atoms with Crippen LogP contribution in [0.3, 0.4) is 0 Å². The van der Waals surface area contributed by atoms with Crippen LogP contribution < -0.4 is 11.1 Å². The van der Waals surface area contributed by atoms with Crippen LogP contribution in [0.5, 0.6) is 0 Å². The van der Waals surface area contributed by atoms with E-state index in [1.54, 1.807) is 0 Å². The van der Waals surface area contributed by atoms with Crippen molar-refractivity contribution in [1.29, 1.82) is 0 Å². The largest absolute Gasteiger partial charge is 0.396 e. The number of rotatable bonds is 3. The van der Waals surface area contributed by atoms with E-state index in [0.717, 1.165) is 0 Å². The van der Waals surface area contributed by atoms with Crippen molar-refractivity contribution in [2.24, 2.45) is 0 Å². The lowest BCUT2D eigenvalue weighted by molar-refractivity contribution is 0.102. The van der Waals surface area contributed by atoms with Crippen LogP contribution in [0.15, 0.2) is 12.4 Å². The van der Waals surface area contributed by atoms with E-state index < -0.39 is 5.91 Å². The van der Waals surface area contributed by atoms with E-state index in [4.69, 9.17) is 40.5 Å². The first-order chi connectivity index (χ1) is 9.84. The van der Waals surface area contributed by atoms with Gasteiger partial charge in [0.15, 0.2) is 0 Å². The van der Waals surface area contributed by atoms with Gasteiger partial charge in [0.1, 0.15) is 0 Å². The number of carbonyl (C=O) groups is 1. The molecule has 0 bridgehead atoms. The summed E-state index contributed by atoms with van der Waals surface area (Å²) in [6.07, 6.45) is 2.85. The van der Waals surface area contributed by atoms with E-state index in [2.05, 4.69) is 15.5 Å². The predicted octanol–water partition coefficient (Wildman–Crippen LogP) is 4.33. The third-order valence-corrected chi connectivity index (χ3v) is 4.15. The summed E-state index contributed by atoms with van der Waals surface area (Å²) in [6.45, 7) is 3.84. The Balaban J connectivity index is 2.51. The molecule has 1 heterocycles. The first-order valence-electron chi connectivity index (χ1n) is 6.10. The molecule has 8 heteroatoms. The number of H-pyrrole nitrogens is 1. The van der Waals surface area contributed by atoms with Crippen molar-refractivity contribution < 1.29 is 4.79 Å². The van der Waals surface area contributed by atoms with Crippen molar-refractivity contribution in [2.75, 3.05) is 11.1 Å². The minimum absolute atomic E-state index is 0.0224. The minimum atomic E-state index is -0.399. The average molecular weight is 348 g/mol. The van der Waals surface area contributed by atoms with E-state index >= 15 is 0 Å². The standard InChI is InChI=1S/C13H13Cl3N4O/c1-5(2)7-8(14)11(17)10(16)12(9(7)15)20-13(21)6-3-18-19-4-6/h3-5H,17H2,1-2H3,(H,18,19)(H,20,21). The highest BCUT2D eigenvalue weighted by Crippen LogP contribution is 2.46. The van der Waals surface area contributed by atoms with Gasteiger partial charge in [-0.2, -0.15) is 5.10 Å². The Hall–Kier alpha value is -1.43. The number of nitrogens with two attached hydrogens (primary N) is 1. The molecular weight excluding hydrogens is 335 g/mol. The van der Waals surface area contributed by atoms with E-state index in [0.29, 0.717) is 16.1 Å². The van der Waals surface area contributed by atoms with Crippen molar-refractivity contribution >= 4 is 52.1 Å². The molecule has 0 fully saturated rings. The highest BCUT2D eigenvalue weighted by atomic mass is 35.5. The second-order valence-electron chi connectivity index (χ2n) is 4.74. The van der Waals surface area contributed by atoms with Gasteiger partial charge in [0.05, 0.1) is 38.2 Å². The number of aromatic nitrogens is 2. The van der Waals surface area contributed by atoms with E-state index in [-0.39, 0.29) is 27.3 Å². The number of nitrogens with zero attached hydrogens (tertiary/aromatic N) is 1. The Kier molecular flexibility index (Phi) is 4.66. The second kappa shape index (κ2) is 6.13. The quantitative estimate of drug-likeness (QED) is 0.723. The number of hydrogen-bond acceptors (Lipinski definition) is 3. The van der Waals surface area contributed by atoms with Gasteiger partial charge in [-0.15, -0.1) is 0 Å². The summed E-state index contributed by atoms with van der Waals surface area (Å²) in [6, 6.07) is 0. The molecule has 1 aromatic heterocycles. The fourth-order valence-electron chi connectivity index (χ4n) is 1.88. The lowest BCUT2D eigenvalue weighted by Crippen LogP contribution is -2.13. The smallest absolute Gasteiger partial charge is 0.258 e. The molecule has 0 radical (unpaired) electrons. The third-order valence-electron chi connectivity index (χ3n) is 2.96. The van der Waals surface area contributed by atoms with Crippen molar-refractivity contribution in [1.82, 2.24) is 10.2 Å². The lowest BCUT2D eigenvalue weighted by Gasteiger charge is -2.19. The molecule has 1 amide bonds. The van der Waals surface area contributed by atoms with Crippen molar-refractivity contribution in [3.05, 3.63) is 38.6 Å². The predicted molar refractivity (Wildman–Crippen MR) is 86.5 cm³/mol. The molecule has 2 aromatic rings. The van der Waals surface area contributed by atoms with Gasteiger partial charge in [0.25, 0.3) is 5.91 Å². The van der Waals surface area contributed by atoms with Crippen LogP contribution in [-0.4, -0.2) is 16.1 Å². The Bertz CT molecular complexity index is 683. The monoisotopic (exact) mass is 346 g/mol. The van der Waals surface area contributed by atoms with Gasteiger partial charge in [-0.25, -0.2) is 0 Å². The molecule has 0 aliphatic carbocycles. The van der Waals surface area contributed by atoms with Gasteiger partial charge in [-0.05, 0) is 11.5 Å². The lowest BCUT2D eigenvalue weighted by atomic mass is 10.0. The number of nitrogen functional groups attached to an aromatic ring is 1. The zero-order chi connectivity index (χ0) is 15.7. The number of anilines is 2. The van der Waals surface area contributed by atoms with Crippen molar-refractivity contribution in [3.8, 4) is 0 Å². The van der Waals surface area contributed by atoms with Crippen LogP contribution in [0.2, 0.25) is 15.1 Å². The molecule has 4 N–H and O–H groups in total. The van der Waals surface area contributed by atoms with Crippen LogP contribution in [-0.2, 0) is 0 Å². The molecule has 0 aliphatic rings. The maximum absolute atomic E-state index is 12.1. The summed E-state index contributed by atoms with van der Waals surface area (Å²) < 4.78 is 0. The topological polar surface area (TPSA) is 83.8 Å². The summed E-state index contributed by atoms with van der Waals surface area (Å²) in [4.78, 5) is 12.1. The van der Waals surface area contributed by atoms with Gasteiger partial charge in [0.2, 0.25) is 0 Å². The fraction of sp³-hybridized carbons (Fsp3) is 0.231. The van der Waals surface area contributed by atoms with Crippen LogP contribution in [0.25, 0.3) is 0 Å². The van der Waals surface area contributed by atoms with Crippen LogP contribution in [0.1, 0.15) is 35.7 Å². The second-order valence-corrected chi connectivity index (χ2v) is 5.87. The van der Waals surface area contributed by atoms with Crippen LogP contribution in [0.4, 0.5) is 11.4 Å². The first kappa shape index (κ1) is 15.9. The zero-order valence-electron chi connectivity index (χ0n) is 11.3. The van der Waals surface area contributed by atoms with E-state index in [9.17, 15) is 4.79 Å². The maximum Gasteiger partial charge on any atom is 0.258 e. The normalized spacial score (nSPS) is 11.0. The zero-order valence-corrected chi connectivity index (χ0v) is 13.6. The van der Waals surface area contributed by atoms with Gasteiger partial charge in [-0.3, -0.25) is 9.89 Å². The van der Waals surface area contributed by atoms with E-state index in [1.165, 1.54) is 12.4 Å². The van der Waals surface area contributed by atoms with Crippen LogP contribution >= 0.6 is 34.8 Å². The number of hydrogen-bond donors (Lipinski definition) is 3. The van der Waals surface area contributed by atoms with Gasteiger partial charge in [0, 0.05) is 6.20 Å².